The highest BCUT2D eigenvalue weighted by molar-refractivity contribution is 5.59. The van der Waals surface area contributed by atoms with Crippen LogP contribution in [0.3, 0.4) is 0 Å². The molecule has 2 aromatic rings. The van der Waals surface area contributed by atoms with E-state index in [0.717, 1.165) is 11.1 Å². The predicted octanol–water partition coefficient (Wildman–Crippen LogP) is 2.24. The maximum Gasteiger partial charge on any atom is 0.0641 e. The SMILES string of the molecule is OCCn1cc(-c2cnn(C3CCCCC3)c2)cn1. The molecule has 0 unspecified atom stereocenters. The lowest BCUT2D eigenvalue weighted by Gasteiger charge is -2.21. The van der Waals surface area contributed by atoms with Gasteiger partial charge in [-0.25, -0.2) is 0 Å². The smallest absolute Gasteiger partial charge is 0.0641 e. The second-order valence-corrected chi connectivity index (χ2v) is 5.22. The summed E-state index contributed by atoms with van der Waals surface area (Å²) in [5, 5.41) is 17.6. The molecule has 5 nitrogen and oxygen atoms in total. The lowest BCUT2D eigenvalue weighted by molar-refractivity contribution is 0.269. The third kappa shape index (κ3) is 2.71. The molecule has 1 fully saturated rings. The monoisotopic (exact) mass is 260 g/mol. The molecule has 0 bridgehead atoms. The van der Waals surface area contributed by atoms with Gasteiger partial charge in [0.15, 0.2) is 0 Å². The molecule has 1 saturated carbocycles. The van der Waals surface area contributed by atoms with Crippen molar-refractivity contribution in [3.8, 4) is 11.1 Å². The Hall–Kier alpha value is -1.62. The van der Waals surface area contributed by atoms with Crippen molar-refractivity contribution in [1.82, 2.24) is 19.6 Å². The summed E-state index contributed by atoms with van der Waals surface area (Å²) in [7, 11) is 0. The first-order chi connectivity index (χ1) is 9.36. The Morgan fingerprint density at radius 3 is 2.58 bits per heavy atom. The molecule has 0 aliphatic heterocycles. The standard InChI is InChI=1S/C14H20N4O/c19-7-6-17-10-12(8-15-17)13-9-16-18(11-13)14-4-2-1-3-5-14/h8-11,14,19H,1-7H2. The summed E-state index contributed by atoms with van der Waals surface area (Å²) in [5.41, 5.74) is 2.17. The third-order valence-corrected chi connectivity index (χ3v) is 3.85. The summed E-state index contributed by atoms with van der Waals surface area (Å²) in [5.74, 6) is 0. The van der Waals surface area contributed by atoms with E-state index in [0.29, 0.717) is 12.6 Å². The first-order valence-electron chi connectivity index (χ1n) is 7.04. The molecular weight excluding hydrogens is 240 g/mol. The highest BCUT2D eigenvalue weighted by atomic mass is 16.3. The van der Waals surface area contributed by atoms with Gasteiger partial charge in [0.05, 0.1) is 31.6 Å². The number of aliphatic hydroxyl groups excluding tert-OH is 1. The van der Waals surface area contributed by atoms with Crippen molar-refractivity contribution >= 4 is 0 Å². The molecule has 0 amide bonds. The van der Waals surface area contributed by atoms with Crippen molar-refractivity contribution in [2.75, 3.05) is 6.61 Å². The fourth-order valence-corrected chi connectivity index (χ4v) is 2.77. The third-order valence-electron chi connectivity index (χ3n) is 3.85. The number of aliphatic hydroxyl groups is 1. The van der Waals surface area contributed by atoms with E-state index in [4.69, 9.17) is 5.11 Å². The Bertz CT molecular complexity index is 525. The summed E-state index contributed by atoms with van der Waals surface area (Å²) >= 11 is 0. The van der Waals surface area contributed by atoms with Crippen LogP contribution in [0, 0.1) is 0 Å². The maximum atomic E-state index is 8.90. The Morgan fingerprint density at radius 1 is 1.05 bits per heavy atom. The van der Waals surface area contributed by atoms with Crippen LogP contribution in [0.15, 0.2) is 24.8 Å². The molecule has 2 aromatic heterocycles. The van der Waals surface area contributed by atoms with Gasteiger partial charge in [0.2, 0.25) is 0 Å². The van der Waals surface area contributed by atoms with Crippen LogP contribution in [0.1, 0.15) is 38.1 Å². The summed E-state index contributed by atoms with van der Waals surface area (Å²) in [6.07, 6.45) is 14.3. The number of rotatable bonds is 4. The number of nitrogens with zero attached hydrogens (tertiary/aromatic N) is 4. The molecule has 0 atom stereocenters. The van der Waals surface area contributed by atoms with Crippen LogP contribution in [0.4, 0.5) is 0 Å². The van der Waals surface area contributed by atoms with Crippen LogP contribution in [-0.2, 0) is 6.54 Å². The Kier molecular flexibility index (Phi) is 3.64. The second-order valence-electron chi connectivity index (χ2n) is 5.22. The van der Waals surface area contributed by atoms with E-state index in [9.17, 15) is 0 Å². The first kappa shape index (κ1) is 12.4. The molecule has 2 heterocycles. The van der Waals surface area contributed by atoms with Crippen LogP contribution < -0.4 is 0 Å². The minimum Gasteiger partial charge on any atom is -0.394 e. The summed E-state index contributed by atoms with van der Waals surface area (Å²) in [6, 6.07) is 0.565. The summed E-state index contributed by atoms with van der Waals surface area (Å²) in [6.45, 7) is 0.652. The highest BCUT2D eigenvalue weighted by Crippen LogP contribution is 2.29. The Labute approximate surface area is 112 Å². The van der Waals surface area contributed by atoms with E-state index in [2.05, 4.69) is 21.1 Å². The lowest BCUT2D eigenvalue weighted by Crippen LogP contribution is -2.12. The molecular formula is C14H20N4O. The largest absolute Gasteiger partial charge is 0.394 e. The van der Waals surface area contributed by atoms with E-state index >= 15 is 0 Å². The van der Waals surface area contributed by atoms with E-state index < -0.39 is 0 Å². The van der Waals surface area contributed by atoms with Gasteiger partial charge in [0, 0.05) is 23.5 Å². The van der Waals surface area contributed by atoms with E-state index in [-0.39, 0.29) is 6.61 Å². The minimum atomic E-state index is 0.114. The van der Waals surface area contributed by atoms with Gasteiger partial charge in [0.1, 0.15) is 0 Å². The number of hydrogen-bond donors (Lipinski definition) is 1. The fourth-order valence-electron chi connectivity index (χ4n) is 2.77. The first-order valence-corrected chi connectivity index (χ1v) is 7.04. The van der Waals surface area contributed by atoms with Crippen LogP contribution in [0.5, 0.6) is 0 Å². The van der Waals surface area contributed by atoms with Crippen LogP contribution >= 0.6 is 0 Å². The van der Waals surface area contributed by atoms with E-state index in [1.54, 1.807) is 4.68 Å². The molecule has 1 aliphatic carbocycles. The van der Waals surface area contributed by atoms with Crippen molar-refractivity contribution in [3.63, 3.8) is 0 Å². The molecule has 19 heavy (non-hydrogen) atoms. The van der Waals surface area contributed by atoms with E-state index in [1.165, 1.54) is 32.1 Å². The van der Waals surface area contributed by atoms with Gasteiger partial charge in [0.25, 0.3) is 0 Å². The molecule has 1 aliphatic rings. The Morgan fingerprint density at radius 2 is 1.79 bits per heavy atom. The molecule has 0 aromatic carbocycles. The van der Waals surface area contributed by atoms with Gasteiger partial charge in [-0.2, -0.15) is 10.2 Å². The highest BCUT2D eigenvalue weighted by Gasteiger charge is 2.16. The molecule has 102 valence electrons. The molecule has 0 saturated heterocycles. The van der Waals surface area contributed by atoms with Gasteiger partial charge >= 0.3 is 0 Å². The average Bonchev–Trinajstić information content (AvgIpc) is 3.08. The minimum absolute atomic E-state index is 0.114. The van der Waals surface area contributed by atoms with Gasteiger partial charge in [-0.15, -0.1) is 0 Å². The average molecular weight is 260 g/mol. The molecule has 5 heteroatoms. The summed E-state index contributed by atoms with van der Waals surface area (Å²) < 4.78 is 3.87. The maximum absolute atomic E-state index is 8.90. The van der Waals surface area contributed by atoms with Crippen molar-refractivity contribution < 1.29 is 5.11 Å². The van der Waals surface area contributed by atoms with Gasteiger partial charge in [-0.1, -0.05) is 19.3 Å². The van der Waals surface area contributed by atoms with Gasteiger partial charge in [-0.3, -0.25) is 9.36 Å². The summed E-state index contributed by atoms with van der Waals surface area (Å²) in [4.78, 5) is 0. The van der Waals surface area contributed by atoms with E-state index in [1.807, 2.05) is 18.6 Å². The quantitative estimate of drug-likeness (QED) is 0.917. The lowest BCUT2D eigenvalue weighted by atomic mass is 9.96. The molecule has 0 spiro atoms. The second kappa shape index (κ2) is 5.57. The number of aromatic nitrogens is 4. The molecule has 1 N–H and O–H groups in total. The fraction of sp³-hybridized carbons (Fsp3) is 0.571. The molecule has 0 radical (unpaired) electrons. The van der Waals surface area contributed by atoms with Crippen molar-refractivity contribution in [2.45, 2.75) is 44.7 Å². The zero-order valence-electron chi connectivity index (χ0n) is 11.1. The van der Waals surface area contributed by atoms with Crippen molar-refractivity contribution in [2.24, 2.45) is 0 Å². The van der Waals surface area contributed by atoms with Gasteiger partial charge in [-0.05, 0) is 12.8 Å². The predicted molar refractivity (Wildman–Crippen MR) is 72.7 cm³/mol. The topological polar surface area (TPSA) is 55.9 Å². The van der Waals surface area contributed by atoms with Crippen molar-refractivity contribution in [1.29, 1.82) is 0 Å². The van der Waals surface area contributed by atoms with Gasteiger partial charge < -0.3 is 5.11 Å². The van der Waals surface area contributed by atoms with Crippen molar-refractivity contribution in [3.05, 3.63) is 24.8 Å². The number of hydrogen-bond acceptors (Lipinski definition) is 3. The zero-order chi connectivity index (χ0) is 13.1. The van der Waals surface area contributed by atoms with Crippen LogP contribution in [-0.4, -0.2) is 31.3 Å². The Balaban J connectivity index is 1.75. The van der Waals surface area contributed by atoms with Crippen LogP contribution in [0.25, 0.3) is 11.1 Å². The zero-order valence-corrected chi connectivity index (χ0v) is 11.1. The normalized spacial score (nSPS) is 16.9. The van der Waals surface area contributed by atoms with Crippen LogP contribution in [0.2, 0.25) is 0 Å². The molecule has 3 rings (SSSR count).